The van der Waals surface area contributed by atoms with E-state index in [1.165, 1.54) is 10.4 Å². The quantitative estimate of drug-likeness (QED) is 0.523. The summed E-state index contributed by atoms with van der Waals surface area (Å²) in [6.07, 6.45) is 3.19. The van der Waals surface area contributed by atoms with Crippen LogP contribution in [0.1, 0.15) is 36.0 Å². The number of nitrogens with one attached hydrogen (secondary N) is 1. The number of carbonyl (C=O) groups excluding carboxylic acids is 2. The highest BCUT2D eigenvalue weighted by Gasteiger charge is 2.30. The number of benzene rings is 1. The van der Waals surface area contributed by atoms with Crippen molar-refractivity contribution in [3.63, 3.8) is 0 Å². The average molecular weight is 485 g/mol. The molecule has 0 atom stereocenters. The predicted molar refractivity (Wildman–Crippen MR) is 121 cm³/mol. The van der Waals surface area contributed by atoms with Crippen LogP contribution in [0.3, 0.4) is 0 Å². The van der Waals surface area contributed by atoms with Crippen molar-refractivity contribution in [2.24, 2.45) is 0 Å². The van der Waals surface area contributed by atoms with Crippen LogP contribution < -0.4 is 5.32 Å². The third-order valence-corrected chi connectivity index (χ3v) is 7.90. The van der Waals surface area contributed by atoms with Gasteiger partial charge in [0, 0.05) is 65.1 Å². The number of carbonyl (C=O) groups is 2. The van der Waals surface area contributed by atoms with Gasteiger partial charge in [0.15, 0.2) is 0 Å². The summed E-state index contributed by atoms with van der Waals surface area (Å²) in [4.78, 5) is 28.1. The van der Waals surface area contributed by atoms with Gasteiger partial charge in [0.1, 0.15) is 10.7 Å². The minimum atomic E-state index is -3.99. The molecule has 2 amide bonds. The molecule has 0 aromatic heterocycles. The summed E-state index contributed by atoms with van der Waals surface area (Å²) < 4.78 is 46.5. The monoisotopic (exact) mass is 484 g/mol. The van der Waals surface area contributed by atoms with E-state index in [0.29, 0.717) is 52.4 Å². The van der Waals surface area contributed by atoms with Crippen molar-refractivity contribution in [1.29, 1.82) is 0 Å². The fourth-order valence-electron chi connectivity index (χ4n) is 4.07. The lowest BCUT2D eigenvalue weighted by molar-refractivity contribution is -0.122. The maximum atomic E-state index is 14.4. The fraction of sp³-hybridized carbons (Fsp3) is 0.636. The number of piperazine rings is 1. The first-order valence-corrected chi connectivity index (χ1v) is 12.8. The SMILES string of the molecule is COCCCNC(=O)CN1CCN(C(=O)c2ccc(F)c(S(=O)(=O)N3CCCCC3)c2)CC1. The molecular weight excluding hydrogens is 451 g/mol. The molecule has 1 N–H and O–H groups in total. The molecule has 0 saturated carbocycles. The summed E-state index contributed by atoms with van der Waals surface area (Å²) in [6, 6.07) is 3.53. The van der Waals surface area contributed by atoms with Crippen LogP contribution in [0.2, 0.25) is 0 Å². The molecule has 11 heteroatoms. The maximum absolute atomic E-state index is 14.4. The van der Waals surface area contributed by atoms with Crippen molar-refractivity contribution >= 4 is 21.8 Å². The Labute approximate surface area is 194 Å². The van der Waals surface area contributed by atoms with E-state index in [9.17, 15) is 22.4 Å². The summed E-state index contributed by atoms with van der Waals surface area (Å²) in [5.74, 6) is -1.26. The van der Waals surface area contributed by atoms with E-state index >= 15 is 0 Å². The number of halogens is 1. The number of hydrogen-bond donors (Lipinski definition) is 1. The number of ether oxygens (including phenoxy) is 1. The van der Waals surface area contributed by atoms with Crippen LogP contribution in [0, 0.1) is 5.82 Å². The van der Waals surface area contributed by atoms with Crippen LogP contribution in [-0.4, -0.2) is 100 Å². The van der Waals surface area contributed by atoms with Crippen molar-refractivity contribution in [2.75, 3.05) is 66.1 Å². The normalized spacial score (nSPS) is 18.3. The van der Waals surface area contributed by atoms with E-state index in [0.717, 1.165) is 37.8 Å². The predicted octanol–water partition coefficient (Wildman–Crippen LogP) is 0.911. The largest absolute Gasteiger partial charge is 0.385 e. The van der Waals surface area contributed by atoms with Crippen molar-refractivity contribution < 1.29 is 27.1 Å². The molecular formula is C22H33FN4O5S. The van der Waals surface area contributed by atoms with E-state index in [-0.39, 0.29) is 23.9 Å². The number of methoxy groups -OCH3 is 1. The van der Waals surface area contributed by atoms with Crippen molar-refractivity contribution in [1.82, 2.24) is 19.4 Å². The van der Waals surface area contributed by atoms with E-state index in [1.54, 1.807) is 12.0 Å². The molecule has 1 aromatic rings. The van der Waals surface area contributed by atoms with Gasteiger partial charge >= 0.3 is 0 Å². The zero-order valence-electron chi connectivity index (χ0n) is 19.1. The Hall–Kier alpha value is -2.08. The molecule has 2 heterocycles. The summed E-state index contributed by atoms with van der Waals surface area (Å²) in [6.45, 7) is 3.98. The highest BCUT2D eigenvalue weighted by molar-refractivity contribution is 7.89. The molecule has 2 saturated heterocycles. The molecule has 3 rings (SSSR count). The van der Waals surface area contributed by atoms with Gasteiger partial charge in [-0.15, -0.1) is 0 Å². The summed E-state index contributed by atoms with van der Waals surface area (Å²) >= 11 is 0. The van der Waals surface area contributed by atoms with Gasteiger partial charge < -0.3 is 15.0 Å². The molecule has 2 fully saturated rings. The smallest absolute Gasteiger partial charge is 0.253 e. The van der Waals surface area contributed by atoms with Gasteiger partial charge in [-0.3, -0.25) is 14.5 Å². The lowest BCUT2D eigenvalue weighted by Crippen LogP contribution is -2.51. The number of amides is 2. The fourth-order valence-corrected chi connectivity index (χ4v) is 5.68. The summed E-state index contributed by atoms with van der Waals surface area (Å²) in [5.41, 5.74) is 0.149. The van der Waals surface area contributed by atoms with Crippen LogP contribution in [0.25, 0.3) is 0 Å². The molecule has 0 unspecified atom stereocenters. The second kappa shape index (κ2) is 11.9. The Kier molecular flexibility index (Phi) is 9.19. The molecule has 2 aliphatic heterocycles. The molecule has 0 radical (unpaired) electrons. The van der Waals surface area contributed by atoms with Crippen LogP contribution in [0.4, 0.5) is 4.39 Å². The first-order valence-electron chi connectivity index (χ1n) is 11.4. The van der Waals surface area contributed by atoms with Crippen molar-refractivity contribution in [3.05, 3.63) is 29.6 Å². The minimum Gasteiger partial charge on any atom is -0.385 e. The van der Waals surface area contributed by atoms with E-state index in [2.05, 4.69) is 5.32 Å². The molecule has 9 nitrogen and oxygen atoms in total. The number of piperidine rings is 1. The van der Waals surface area contributed by atoms with Crippen LogP contribution in [-0.2, 0) is 19.6 Å². The standard InChI is InChI=1S/C22H33FN4O5S/c1-32-15-5-8-24-21(28)17-25-11-13-26(14-12-25)22(29)18-6-7-19(23)20(16-18)33(30,31)27-9-3-2-4-10-27/h6-7,16H,2-5,8-15,17H2,1H3,(H,24,28). The van der Waals surface area contributed by atoms with Crippen LogP contribution >= 0.6 is 0 Å². The van der Waals surface area contributed by atoms with E-state index < -0.39 is 20.7 Å². The summed E-state index contributed by atoms with van der Waals surface area (Å²) in [5, 5.41) is 2.84. The third kappa shape index (κ3) is 6.72. The second-order valence-electron chi connectivity index (χ2n) is 8.37. The Bertz CT molecular complexity index is 929. The van der Waals surface area contributed by atoms with Gasteiger partial charge in [-0.1, -0.05) is 6.42 Å². The maximum Gasteiger partial charge on any atom is 0.253 e. The minimum absolute atomic E-state index is 0.0722. The van der Waals surface area contributed by atoms with Crippen LogP contribution in [0.15, 0.2) is 23.1 Å². The Morgan fingerprint density at radius 2 is 1.76 bits per heavy atom. The molecule has 33 heavy (non-hydrogen) atoms. The zero-order chi connectivity index (χ0) is 23.8. The lowest BCUT2D eigenvalue weighted by Gasteiger charge is -2.34. The zero-order valence-corrected chi connectivity index (χ0v) is 19.9. The van der Waals surface area contributed by atoms with Gasteiger partial charge in [0.25, 0.3) is 5.91 Å². The first-order chi connectivity index (χ1) is 15.8. The number of sulfonamides is 1. The number of nitrogens with zero attached hydrogens (tertiary/aromatic N) is 3. The van der Waals surface area contributed by atoms with Gasteiger partial charge in [0.2, 0.25) is 15.9 Å². The van der Waals surface area contributed by atoms with Crippen molar-refractivity contribution in [3.8, 4) is 0 Å². The van der Waals surface area contributed by atoms with Gasteiger partial charge in [-0.25, -0.2) is 12.8 Å². The molecule has 1 aromatic carbocycles. The van der Waals surface area contributed by atoms with Crippen LogP contribution in [0.5, 0.6) is 0 Å². The van der Waals surface area contributed by atoms with E-state index in [4.69, 9.17) is 4.74 Å². The highest BCUT2D eigenvalue weighted by atomic mass is 32.2. The highest BCUT2D eigenvalue weighted by Crippen LogP contribution is 2.24. The Morgan fingerprint density at radius 1 is 1.06 bits per heavy atom. The van der Waals surface area contributed by atoms with Gasteiger partial charge in [0.05, 0.1) is 6.54 Å². The molecule has 2 aliphatic rings. The average Bonchev–Trinajstić information content (AvgIpc) is 2.82. The molecule has 0 spiro atoms. The Balaban J connectivity index is 1.58. The van der Waals surface area contributed by atoms with E-state index in [1.807, 2.05) is 4.90 Å². The topological polar surface area (TPSA) is 99.3 Å². The first kappa shape index (κ1) is 25.5. The summed E-state index contributed by atoms with van der Waals surface area (Å²) in [7, 11) is -2.37. The third-order valence-electron chi connectivity index (χ3n) is 5.99. The van der Waals surface area contributed by atoms with Crippen molar-refractivity contribution in [2.45, 2.75) is 30.6 Å². The Morgan fingerprint density at radius 3 is 2.42 bits per heavy atom. The lowest BCUT2D eigenvalue weighted by atomic mass is 10.1. The molecule has 0 aliphatic carbocycles. The number of hydrogen-bond acceptors (Lipinski definition) is 6. The molecule has 0 bridgehead atoms. The van der Waals surface area contributed by atoms with Gasteiger partial charge in [-0.05, 0) is 37.5 Å². The van der Waals surface area contributed by atoms with Gasteiger partial charge in [-0.2, -0.15) is 4.31 Å². The number of rotatable bonds is 9. The molecule has 184 valence electrons. The second-order valence-corrected chi connectivity index (χ2v) is 10.3.